The SMILES string of the molecule is [2H]C(C)(C)c1ccc(-n2c3[n+]4c5c(cccc52)-c2cc(C(C)(C)C)cc5c2C4(Oc2ccccc2-3)[n+]2ccc(-c3ccc(C(C)(C)C)cc3)cc2-5)c(-c2ccc(C(C)(C)C)cc2)c1. The molecule has 0 fully saturated rings. The summed E-state index contributed by atoms with van der Waals surface area (Å²) < 4.78 is 24.2. The van der Waals surface area contributed by atoms with Crippen molar-refractivity contribution in [2.75, 3.05) is 0 Å². The number of ether oxygens (including phenoxy) is 1. The summed E-state index contributed by atoms with van der Waals surface area (Å²) >= 11 is 0. The van der Waals surface area contributed by atoms with Gasteiger partial charge in [-0.15, -0.1) is 9.13 Å². The zero-order valence-electron chi connectivity index (χ0n) is 39.0. The molecule has 3 aliphatic rings. The van der Waals surface area contributed by atoms with Crippen LogP contribution in [0.15, 0.2) is 140 Å². The van der Waals surface area contributed by atoms with Crippen molar-refractivity contribution >= 4 is 11.0 Å². The zero-order chi connectivity index (χ0) is 44.2. The molecule has 5 heterocycles. The van der Waals surface area contributed by atoms with Gasteiger partial charge in [0.1, 0.15) is 22.6 Å². The third kappa shape index (κ3) is 5.44. The summed E-state index contributed by atoms with van der Waals surface area (Å²) in [5.41, 5.74) is 19.7. The molecule has 0 amide bonds. The first kappa shape index (κ1) is 37.5. The average molecular weight is 813 g/mol. The fourth-order valence-electron chi connectivity index (χ4n) is 10.2. The largest absolute Gasteiger partial charge is 0.499 e. The zero-order valence-corrected chi connectivity index (χ0v) is 38.0. The lowest BCUT2D eigenvalue weighted by Crippen LogP contribution is -2.78. The number of imidazole rings is 1. The highest BCUT2D eigenvalue weighted by atomic mass is 16.5. The third-order valence-electron chi connectivity index (χ3n) is 13.7. The summed E-state index contributed by atoms with van der Waals surface area (Å²) in [6.45, 7) is 24.5. The molecule has 11 rings (SSSR count). The van der Waals surface area contributed by atoms with Crippen molar-refractivity contribution in [1.82, 2.24) is 4.57 Å². The Morgan fingerprint density at radius 2 is 1.19 bits per heavy atom. The van der Waals surface area contributed by atoms with Gasteiger partial charge in [-0.3, -0.25) is 0 Å². The summed E-state index contributed by atoms with van der Waals surface area (Å²) in [4.78, 5) is 0. The van der Waals surface area contributed by atoms with Crippen molar-refractivity contribution in [2.24, 2.45) is 0 Å². The Morgan fingerprint density at radius 3 is 1.85 bits per heavy atom. The first-order valence-corrected chi connectivity index (χ1v) is 22.3. The second-order valence-corrected chi connectivity index (χ2v) is 21.1. The molecule has 8 aromatic rings. The molecule has 0 saturated carbocycles. The van der Waals surface area contributed by atoms with Crippen molar-refractivity contribution < 1.29 is 15.2 Å². The predicted octanol–water partition coefficient (Wildman–Crippen LogP) is 13.8. The molecule has 0 bridgehead atoms. The van der Waals surface area contributed by atoms with Crippen LogP contribution in [0, 0.1) is 0 Å². The van der Waals surface area contributed by atoms with Gasteiger partial charge < -0.3 is 4.74 Å². The van der Waals surface area contributed by atoms with Gasteiger partial charge in [-0.2, -0.15) is 4.57 Å². The molecule has 1 unspecified atom stereocenters. The minimum Gasteiger partial charge on any atom is -0.392 e. The summed E-state index contributed by atoms with van der Waals surface area (Å²) in [5.74, 6) is 0.0593. The van der Waals surface area contributed by atoms with E-state index in [1.54, 1.807) is 0 Å². The number of aromatic nitrogens is 3. The van der Waals surface area contributed by atoms with Gasteiger partial charge in [-0.25, -0.2) is 0 Å². The maximum absolute atomic E-state index is 9.17. The Morgan fingerprint density at radius 1 is 0.565 bits per heavy atom. The molecule has 4 heteroatoms. The summed E-state index contributed by atoms with van der Waals surface area (Å²) in [6.07, 6.45) is 2.26. The molecule has 2 aromatic heterocycles. The molecular weight excluding hydrogens is 755 g/mol. The van der Waals surface area contributed by atoms with Crippen LogP contribution in [-0.2, 0) is 22.1 Å². The second-order valence-electron chi connectivity index (χ2n) is 21.1. The molecule has 0 radical (unpaired) electrons. The summed E-state index contributed by atoms with van der Waals surface area (Å²) in [7, 11) is 0. The van der Waals surface area contributed by atoms with E-state index in [9.17, 15) is 0 Å². The van der Waals surface area contributed by atoms with E-state index in [1.807, 2.05) is 13.8 Å². The molecule has 6 aromatic carbocycles. The Kier molecular flexibility index (Phi) is 7.80. The van der Waals surface area contributed by atoms with Crippen LogP contribution >= 0.6 is 0 Å². The van der Waals surface area contributed by atoms with E-state index in [0.29, 0.717) is 0 Å². The van der Waals surface area contributed by atoms with Crippen LogP contribution < -0.4 is 13.9 Å². The topological polar surface area (TPSA) is 21.9 Å². The number of para-hydroxylation sites is 2. The van der Waals surface area contributed by atoms with Crippen LogP contribution in [-0.4, -0.2) is 4.57 Å². The van der Waals surface area contributed by atoms with E-state index in [1.165, 1.54) is 50.1 Å². The van der Waals surface area contributed by atoms with Crippen molar-refractivity contribution in [3.05, 3.63) is 167 Å². The van der Waals surface area contributed by atoms with Gasteiger partial charge >= 0.3 is 11.7 Å². The van der Waals surface area contributed by atoms with Gasteiger partial charge in [-0.1, -0.05) is 149 Å². The van der Waals surface area contributed by atoms with Crippen molar-refractivity contribution in [2.45, 2.75) is 104 Å². The lowest BCUT2D eigenvalue weighted by Gasteiger charge is -2.32. The molecule has 0 saturated heterocycles. The second kappa shape index (κ2) is 12.9. The molecule has 1 atom stereocenters. The number of nitrogens with zero attached hydrogens (tertiary/aromatic N) is 3. The van der Waals surface area contributed by atoms with Gasteiger partial charge in [0.15, 0.2) is 17.2 Å². The first-order valence-electron chi connectivity index (χ1n) is 22.8. The number of hydrogen-bond acceptors (Lipinski definition) is 1. The number of fused-ring (bicyclic) bond motifs is 5. The highest BCUT2D eigenvalue weighted by molar-refractivity contribution is 5.98. The number of benzene rings is 6. The fourth-order valence-corrected chi connectivity index (χ4v) is 10.2. The molecular formula is C58H57N3O+2. The van der Waals surface area contributed by atoms with Gasteiger partial charge in [-0.05, 0) is 110 Å². The van der Waals surface area contributed by atoms with E-state index >= 15 is 0 Å². The number of hydrogen-bond donors (Lipinski definition) is 0. The maximum Gasteiger partial charge on any atom is 0.499 e. The maximum atomic E-state index is 9.17. The van der Waals surface area contributed by atoms with Gasteiger partial charge in [0, 0.05) is 30.2 Å². The lowest BCUT2D eigenvalue weighted by atomic mass is 9.80. The first-order chi connectivity index (χ1) is 29.7. The van der Waals surface area contributed by atoms with Crippen LogP contribution in [0.3, 0.4) is 0 Å². The third-order valence-corrected chi connectivity index (χ3v) is 13.7. The van der Waals surface area contributed by atoms with E-state index in [2.05, 4.69) is 216 Å². The van der Waals surface area contributed by atoms with Gasteiger partial charge in [0.25, 0.3) is 0 Å². The number of pyridine rings is 1. The minimum absolute atomic E-state index is 0.0238. The van der Waals surface area contributed by atoms with Crippen LogP contribution in [0.2, 0.25) is 0 Å². The lowest BCUT2D eigenvalue weighted by molar-refractivity contribution is -0.997. The Balaban J connectivity index is 1.25. The molecule has 308 valence electrons. The van der Waals surface area contributed by atoms with E-state index < -0.39 is 11.7 Å². The number of rotatable bonds is 4. The van der Waals surface area contributed by atoms with E-state index in [4.69, 9.17) is 6.11 Å². The quantitative estimate of drug-likeness (QED) is 0.162. The van der Waals surface area contributed by atoms with Crippen LogP contribution in [0.1, 0.15) is 111 Å². The van der Waals surface area contributed by atoms with Crippen molar-refractivity contribution in [3.63, 3.8) is 0 Å². The smallest absolute Gasteiger partial charge is 0.392 e. The van der Waals surface area contributed by atoms with Crippen LogP contribution in [0.5, 0.6) is 5.75 Å². The van der Waals surface area contributed by atoms with Crippen LogP contribution in [0.4, 0.5) is 0 Å². The monoisotopic (exact) mass is 812 g/mol. The van der Waals surface area contributed by atoms with Crippen molar-refractivity contribution in [1.29, 1.82) is 0 Å². The molecule has 1 spiro atoms. The molecule has 4 nitrogen and oxygen atoms in total. The predicted molar refractivity (Wildman–Crippen MR) is 254 cm³/mol. The normalized spacial score (nSPS) is 16.4. The fraction of sp³-hybridized carbons (Fsp3) is 0.276. The Bertz CT molecular complexity index is 3220. The Hall–Kier alpha value is -6.26. The van der Waals surface area contributed by atoms with E-state index in [-0.39, 0.29) is 16.2 Å². The standard InChI is InChI=1S/C58H57N3O/c1-35(2)38-23-28-48(45(31-38)37-21-26-41(27-22-37)56(6,7)8)60-49-17-14-16-43-46-33-42(57(9,10)11)34-47-50-32-39(36-19-24-40(25-20-36)55(3,4)5)29-30-59(50)58(52(46)47)61(53(43)49)54(60)44-15-12-13-18-51(44)62-58/h12-35H,1-11H3/q+2/i35D. The van der Waals surface area contributed by atoms with Crippen LogP contribution in [0.25, 0.3) is 72.7 Å². The molecule has 0 aliphatic carbocycles. The average Bonchev–Trinajstić information content (AvgIpc) is 3.73. The molecule has 3 aliphatic heterocycles. The molecule has 0 N–H and O–H groups in total. The summed E-state index contributed by atoms with van der Waals surface area (Å²) in [6, 6.07) is 49.7. The summed E-state index contributed by atoms with van der Waals surface area (Å²) in [5, 5.41) is 0. The highest BCUT2D eigenvalue weighted by Gasteiger charge is 2.68. The Labute approximate surface area is 368 Å². The van der Waals surface area contributed by atoms with Crippen molar-refractivity contribution in [3.8, 4) is 67.5 Å². The van der Waals surface area contributed by atoms with Gasteiger partial charge in [0.05, 0.1) is 5.56 Å². The van der Waals surface area contributed by atoms with Gasteiger partial charge in [0.2, 0.25) is 5.69 Å². The minimum atomic E-state index is -1.05. The highest BCUT2D eigenvalue weighted by Crippen LogP contribution is 2.54. The van der Waals surface area contributed by atoms with E-state index in [0.717, 1.165) is 56.2 Å². The molecule has 62 heavy (non-hydrogen) atoms.